The van der Waals surface area contributed by atoms with Gasteiger partial charge in [0.05, 0.1) is 16.6 Å². The van der Waals surface area contributed by atoms with Gasteiger partial charge in [0.2, 0.25) is 0 Å². The number of hydrogen-bond donors (Lipinski definition) is 0. The van der Waals surface area contributed by atoms with Crippen molar-refractivity contribution < 1.29 is 0 Å². The zero-order valence-corrected chi connectivity index (χ0v) is 30.3. The molecule has 1 atom stereocenters. The summed E-state index contributed by atoms with van der Waals surface area (Å²) in [6.45, 7) is 2.27. The fourth-order valence-corrected chi connectivity index (χ4v) is 9.48. The summed E-state index contributed by atoms with van der Waals surface area (Å²) in [4.78, 5) is 0. The fraction of sp³-hybridized carbons (Fsp3) is 0.0566. The summed E-state index contributed by atoms with van der Waals surface area (Å²) in [5, 5.41) is 7.59. The van der Waals surface area contributed by atoms with Gasteiger partial charge in [0.15, 0.2) is 0 Å². The van der Waals surface area contributed by atoms with E-state index in [2.05, 4.69) is 192 Å². The minimum atomic E-state index is 0.558. The predicted octanol–water partition coefficient (Wildman–Crippen LogP) is 14.1. The first-order valence-electron chi connectivity index (χ1n) is 19.2. The number of nitrogens with zero attached hydrogens (tertiary/aromatic N) is 2. The Morgan fingerprint density at radius 1 is 0.509 bits per heavy atom. The lowest BCUT2D eigenvalue weighted by Gasteiger charge is -2.14. The fourth-order valence-electron chi connectivity index (χ4n) is 9.48. The highest BCUT2D eigenvalue weighted by atomic mass is 15.0. The Labute approximate surface area is 319 Å². The van der Waals surface area contributed by atoms with Crippen molar-refractivity contribution in [1.82, 2.24) is 9.13 Å². The van der Waals surface area contributed by atoms with Crippen LogP contribution >= 0.6 is 0 Å². The number of fused-ring (bicyclic) bond motifs is 9. The van der Waals surface area contributed by atoms with Crippen LogP contribution in [0.2, 0.25) is 0 Å². The first kappa shape index (κ1) is 30.4. The lowest BCUT2D eigenvalue weighted by molar-refractivity contribution is 0.735. The Hall–Kier alpha value is -7.08. The first-order chi connectivity index (χ1) is 27.2. The molecule has 0 N–H and O–H groups in total. The third kappa shape index (κ3) is 4.39. The van der Waals surface area contributed by atoms with Crippen LogP contribution in [0.4, 0.5) is 0 Å². The largest absolute Gasteiger partial charge is 0.309 e. The molecule has 1 unspecified atom stereocenters. The zero-order chi connectivity index (χ0) is 36.2. The molecule has 0 radical (unpaired) electrons. The van der Waals surface area contributed by atoms with Crippen LogP contribution in [0, 0.1) is 18.1 Å². The van der Waals surface area contributed by atoms with Gasteiger partial charge in [-0.25, -0.2) is 0 Å². The predicted molar refractivity (Wildman–Crippen MR) is 231 cm³/mol. The monoisotopic (exact) mass is 698 g/mol. The summed E-state index contributed by atoms with van der Waals surface area (Å²) >= 11 is 0. The number of para-hydroxylation sites is 1. The highest BCUT2D eigenvalue weighted by Crippen LogP contribution is 2.49. The van der Waals surface area contributed by atoms with Crippen molar-refractivity contribution in [1.29, 1.82) is 0 Å². The maximum Gasteiger partial charge on any atom is 0.105 e. The second-order valence-corrected chi connectivity index (χ2v) is 15.2. The van der Waals surface area contributed by atoms with E-state index in [4.69, 9.17) is 0 Å². The molecule has 2 aliphatic carbocycles. The minimum Gasteiger partial charge on any atom is -0.309 e. The van der Waals surface area contributed by atoms with Gasteiger partial charge in [-0.15, -0.1) is 0 Å². The van der Waals surface area contributed by atoms with E-state index >= 15 is 0 Å². The molecular formula is C53H34N2. The molecule has 0 saturated heterocycles. The van der Waals surface area contributed by atoms with Crippen LogP contribution in [0.5, 0.6) is 0 Å². The van der Waals surface area contributed by atoms with Gasteiger partial charge in [-0.3, -0.25) is 0 Å². The van der Waals surface area contributed by atoms with Crippen LogP contribution in [-0.2, 0) is 0 Å². The van der Waals surface area contributed by atoms with Gasteiger partial charge in [-0.2, -0.15) is 0 Å². The number of hydrogen-bond acceptors (Lipinski definition) is 0. The van der Waals surface area contributed by atoms with Gasteiger partial charge in [0.25, 0.3) is 0 Å². The summed E-state index contributed by atoms with van der Waals surface area (Å²) in [7, 11) is 0. The van der Waals surface area contributed by atoms with E-state index in [0.29, 0.717) is 5.92 Å². The smallest absolute Gasteiger partial charge is 0.105 e. The molecule has 55 heavy (non-hydrogen) atoms. The summed E-state index contributed by atoms with van der Waals surface area (Å²) in [6.07, 6.45) is 7.96. The molecule has 0 bridgehead atoms. The molecule has 0 aliphatic heterocycles. The number of allylic oxidation sites excluding steroid dienone is 4. The van der Waals surface area contributed by atoms with Crippen LogP contribution in [-0.4, -0.2) is 9.13 Å². The van der Waals surface area contributed by atoms with Crippen molar-refractivity contribution in [2.75, 3.05) is 0 Å². The Morgan fingerprint density at radius 3 is 2.00 bits per heavy atom. The van der Waals surface area contributed by atoms with E-state index in [1.165, 1.54) is 99.1 Å². The van der Waals surface area contributed by atoms with Gasteiger partial charge in [0, 0.05) is 32.9 Å². The van der Waals surface area contributed by atoms with Crippen LogP contribution < -0.4 is 0 Å². The Kier molecular flexibility index (Phi) is 6.33. The van der Waals surface area contributed by atoms with Crippen LogP contribution in [0.1, 0.15) is 13.3 Å². The van der Waals surface area contributed by atoms with Gasteiger partial charge in [0.1, 0.15) is 5.52 Å². The molecule has 2 heteroatoms. The molecule has 0 spiro atoms. The minimum absolute atomic E-state index is 0.558. The van der Waals surface area contributed by atoms with Crippen molar-refractivity contribution >= 4 is 60.1 Å². The highest BCUT2D eigenvalue weighted by Gasteiger charge is 2.23. The maximum absolute atomic E-state index is 3.43. The quantitative estimate of drug-likeness (QED) is 0.173. The van der Waals surface area contributed by atoms with Crippen LogP contribution in [0.3, 0.4) is 0 Å². The van der Waals surface area contributed by atoms with E-state index in [1.807, 2.05) is 6.07 Å². The average molecular weight is 699 g/mol. The van der Waals surface area contributed by atoms with E-state index in [0.717, 1.165) is 17.6 Å². The summed E-state index contributed by atoms with van der Waals surface area (Å²) in [5.41, 5.74) is 17.2. The molecule has 10 aromatic rings. The molecule has 8 aromatic carbocycles. The summed E-state index contributed by atoms with van der Waals surface area (Å²) < 4.78 is 4.78. The summed E-state index contributed by atoms with van der Waals surface area (Å²) in [6, 6.07) is 62.8. The number of aromatic nitrogens is 2. The third-order valence-corrected chi connectivity index (χ3v) is 12.1. The second-order valence-electron chi connectivity index (χ2n) is 15.2. The third-order valence-electron chi connectivity index (χ3n) is 12.1. The Balaban J connectivity index is 0.996. The van der Waals surface area contributed by atoms with Gasteiger partial charge < -0.3 is 9.13 Å². The zero-order valence-electron chi connectivity index (χ0n) is 30.3. The van der Waals surface area contributed by atoms with E-state index in [9.17, 15) is 0 Å². The molecule has 0 fully saturated rings. The lowest BCUT2D eigenvalue weighted by atomic mass is 9.94. The van der Waals surface area contributed by atoms with Crippen molar-refractivity contribution in [2.24, 2.45) is 5.92 Å². The van der Waals surface area contributed by atoms with Crippen molar-refractivity contribution in [3.8, 4) is 50.2 Å². The van der Waals surface area contributed by atoms with Crippen molar-refractivity contribution in [3.63, 3.8) is 0 Å². The van der Waals surface area contributed by atoms with Crippen LogP contribution in [0.15, 0.2) is 170 Å². The Morgan fingerprint density at radius 2 is 1.18 bits per heavy atom. The number of rotatable bonds is 4. The highest BCUT2D eigenvalue weighted by molar-refractivity contribution is 6.19. The van der Waals surface area contributed by atoms with Gasteiger partial charge in [-0.1, -0.05) is 122 Å². The summed E-state index contributed by atoms with van der Waals surface area (Å²) in [5.74, 6) is 0.558. The standard InChI is InChI=1S/C53H34N2/c1-33-20-24-37(25-21-33)54-49-18-6-4-14-42(49)47-31-34(22-28-51(47)54)35-23-29-52-48(32-35)43-15-5-7-19-50(43)55(52)38-11-8-10-36(30-38)39-26-27-46-41-13-3-2-12-40(41)45-17-9-16-44(39)53(45)46/h2-5,7-17,19-20,22-33H,21H2,1H3. The SMILES string of the molecule is CC1C=CC(n2c3c#cccc3c3cc(-c4ccc5c(c4)c4ccccc4n5-c4cccc(-c5ccc6c7c(cccc57)-c5ccccc5-6)c4)ccc32)=CC1. The first-order valence-corrected chi connectivity index (χ1v) is 19.2. The van der Waals surface area contributed by atoms with Crippen molar-refractivity contribution in [3.05, 3.63) is 182 Å². The average Bonchev–Trinajstić information content (AvgIpc) is 3.88. The topological polar surface area (TPSA) is 9.86 Å². The molecule has 0 saturated carbocycles. The molecule has 2 aromatic heterocycles. The molecule has 12 rings (SSSR count). The number of benzene rings is 7. The van der Waals surface area contributed by atoms with E-state index in [1.54, 1.807) is 0 Å². The van der Waals surface area contributed by atoms with E-state index < -0.39 is 0 Å². The molecule has 256 valence electrons. The lowest BCUT2D eigenvalue weighted by Crippen LogP contribution is -2.00. The van der Waals surface area contributed by atoms with Gasteiger partial charge in [-0.05, 0) is 134 Å². The molecule has 0 amide bonds. The normalized spacial score (nSPS) is 14.6. The molecular weight excluding hydrogens is 665 g/mol. The van der Waals surface area contributed by atoms with Crippen molar-refractivity contribution in [2.45, 2.75) is 13.3 Å². The Bertz CT molecular complexity index is 3280. The molecule has 2 heterocycles. The van der Waals surface area contributed by atoms with Crippen LogP contribution in [0.25, 0.3) is 110 Å². The molecule has 2 aliphatic rings. The maximum atomic E-state index is 3.43. The second kappa shape index (κ2) is 11.5. The van der Waals surface area contributed by atoms with E-state index in [-0.39, 0.29) is 0 Å². The van der Waals surface area contributed by atoms with Gasteiger partial charge >= 0.3 is 0 Å². The molecule has 2 nitrogen and oxygen atoms in total.